The molecule has 0 bridgehead atoms. The average Bonchev–Trinajstić information content (AvgIpc) is 2.32. The van der Waals surface area contributed by atoms with Gasteiger partial charge >= 0.3 is 0 Å². The van der Waals surface area contributed by atoms with Gasteiger partial charge in [-0.1, -0.05) is 44.2 Å². The fourth-order valence-electron chi connectivity index (χ4n) is 1.20. The van der Waals surface area contributed by atoms with E-state index in [1.165, 1.54) is 5.56 Å². The largest absolute Gasteiger partial charge is 0.372 e. The van der Waals surface area contributed by atoms with Gasteiger partial charge in [0.05, 0.1) is 0 Å². The highest BCUT2D eigenvalue weighted by Gasteiger charge is 1.94. The molecule has 1 aromatic carbocycles. The van der Waals surface area contributed by atoms with Crippen LogP contribution in [0.15, 0.2) is 30.3 Å². The molecule has 0 heterocycles. The number of aryl methyl sites for hydroxylation is 1. The Labute approximate surface area is 97.6 Å². The van der Waals surface area contributed by atoms with E-state index in [2.05, 4.69) is 12.1 Å². The van der Waals surface area contributed by atoms with Crippen molar-refractivity contribution >= 4 is 5.91 Å². The summed E-state index contributed by atoms with van der Waals surface area (Å²) in [4.78, 5) is 10.3. The average molecular weight is 223 g/mol. The highest BCUT2D eigenvalue weighted by atomic mass is 16.5. The number of carbonyl (C=O) groups excluding carboxylic acids is 1. The van der Waals surface area contributed by atoms with Crippen molar-refractivity contribution in [2.45, 2.75) is 26.7 Å². The minimum atomic E-state index is -0.412. The van der Waals surface area contributed by atoms with Gasteiger partial charge in [-0.2, -0.15) is 0 Å². The molecule has 1 amide bonds. The second-order valence-electron chi connectivity index (χ2n) is 3.11. The summed E-state index contributed by atoms with van der Waals surface area (Å²) in [6.45, 7) is 4.60. The molecule has 0 fully saturated rings. The molecule has 1 aromatic rings. The van der Waals surface area contributed by atoms with Gasteiger partial charge in [-0.3, -0.25) is 4.79 Å². The number of benzene rings is 1. The van der Waals surface area contributed by atoms with Crippen molar-refractivity contribution in [1.82, 2.24) is 0 Å². The molecule has 0 aliphatic carbocycles. The van der Waals surface area contributed by atoms with Gasteiger partial charge in [-0.25, -0.2) is 0 Å². The normalized spacial score (nSPS) is 9.12. The summed E-state index contributed by atoms with van der Waals surface area (Å²) in [5, 5.41) is 0. The van der Waals surface area contributed by atoms with E-state index >= 15 is 0 Å². The van der Waals surface area contributed by atoms with Crippen molar-refractivity contribution in [3.63, 3.8) is 0 Å². The van der Waals surface area contributed by atoms with Crippen molar-refractivity contribution in [2.75, 3.05) is 13.2 Å². The highest BCUT2D eigenvalue weighted by Crippen LogP contribution is 2.01. The van der Waals surface area contributed by atoms with Gasteiger partial charge in [0, 0.05) is 6.61 Å². The lowest BCUT2D eigenvalue weighted by Gasteiger charge is -2.01. The Bertz CT molecular complexity index is 273. The summed E-state index contributed by atoms with van der Waals surface area (Å²) >= 11 is 0. The Morgan fingerprint density at radius 1 is 1.25 bits per heavy atom. The van der Waals surface area contributed by atoms with Crippen LogP contribution in [0.5, 0.6) is 0 Å². The quantitative estimate of drug-likeness (QED) is 0.751. The third-order valence-electron chi connectivity index (χ3n) is 1.84. The second-order valence-corrected chi connectivity index (χ2v) is 3.11. The monoisotopic (exact) mass is 223 g/mol. The van der Waals surface area contributed by atoms with Gasteiger partial charge in [-0.15, -0.1) is 0 Å². The molecule has 0 saturated carbocycles. The lowest BCUT2D eigenvalue weighted by Crippen LogP contribution is -2.18. The van der Waals surface area contributed by atoms with Gasteiger partial charge in [-0.05, 0) is 18.4 Å². The van der Waals surface area contributed by atoms with Gasteiger partial charge in [0.25, 0.3) is 0 Å². The van der Waals surface area contributed by atoms with Crippen molar-refractivity contribution in [3.05, 3.63) is 35.9 Å². The van der Waals surface area contributed by atoms with Crippen molar-refractivity contribution in [3.8, 4) is 0 Å². The maximum Gasteiger partial charge on any atom is 0.243 e. The Balaban J connectivity index is 0.00000106. The van der Waals surface area contributed by atoms with Crippen LogP contribution < -0.4 is 5.73 Å². The van der Waals surface area contributed by atoms with E-state index in [0.717, 1.165) is 12.8 Å². The van der Waals surface area contributed by atoms with Crippen molar-refractivity contribution < 1.29 is 9.53 Å². The zero-order chi connectivity index (χ0) is 12.2. The van der Waals surface area contributed by atoms with E-state index in [9.17, 15) is 4.79 Å². The molecule has 3 heteroatoms. The molecule has 2 N–H and O–H groups in total. The van der Waals surface area contributed by atoms with E-state index in [4.69, 9.17) is 10.5 Å². The van der Waals surface area contributed by atoms with Crippen LogP contribution in [0.2, 0.25) is 0 Å². The molecule has 1 rings (SSSR count). The van der Waals surface area contributed by atoms with Gasteiger partial charge in [0.2, 0.25) is 5.91 Å². The van der Waals surface area contributed by atoms with Crippen LogP contribution in [0.25, 0.3) is 0 Å². The summed E-state index contributed by atoms with van der Waals surface area (Å²) < 4.78 is 5.04. The van der Waals surface area contributed by atoms with E-state index in [1.807, 2.05) is 32.0 Å². The first kappa shape index (κ1) is 14.6. The van der Waals surface area contributed by atoms with E-state index < -0.39 is 5.91 Å². The summed E-state index contributed by atoms with van der Waals surface area (Å²) in [5.41, 5.74) is 6.21. The third kappa shape index (κ3) is 8.00. The van der Waals surface area contributed by atoms with Crippen LogP contribution in [0.3, 0.4) is 0 Å². The van der Waals surface area contributed by atoms with Gasteiger partial charge in [0.15, 0.2) is 0 Å². The van der Waals surface area contributed by atoms with Gasteiger partial charge < -0.3 is 10.5 Å². The van der Waals surface area contributed by atoms with Crippen molar-refractivity contribution in [1.29, 1.82) is 0 Å². The number of hydrogen-bond acceptors (Lipinski definition) is 2. The number of rotatable bonds is 6. The van der Waals surface area contributed by atoms with Crippen LogP contribution in [0.1, 0.15) is 25.8 Å². The number of nitrogens with two attached hydrogens (primary N) is 1. The van der Waals surface area contributed by atoms with Gasteiger partial charge in [0.1, 0.15) is 6.61 Å². The molecule has 0 unspecified atom stereocenters. The molecule has 0 saturated heterocycles. The zero-order valence-corrected chi connectivity index (χ0v) is 10.1. The number of primary amides is 1. The topological polar surface area (TPSA) is 52.3 Å². The van der Waals surface area contributed by atoms with E-state index in [-0.39, 0.29) is 6.61 Å². The van der Waals surface area contributed by atoms with E-state index in [0.29, 0.717) is 6.61 Å². The van der Waals surface area contributed by atoms with Crippen LogP contribution in [0, 0.1) is 0 Å². The maximum atomic E-state index is 10.3. The summed E-state index contributed by atoms with van der Waals surface area (Å²) in [5.74, 6) is -0.412. The molecule has 0 aliphatic heterocycles. The van der Waals surface area contributed by atoms with Crippen LogP contribution in [0.4, 0.5) is 0 Å². The first-order chi connectivity index (χ1) is 7.79. The number of amides is 1. The van der Waals surface area contributed by atoms with Crippen LogP contribution >= 0.6 is 0 Å². The molecule has 90 valence electrons. The molecule has 0 aromatic heterocycles. The summed E-state index contributed by atoms with van der Waals surface area (Å²) in [7, 11) is 0. The Kier molecular flexibility index (Phi) is 9.32. The minimum Gasteiger partial charge on any atom is -0.372 e. The standard InChI is InChI=1S/C11H15NO2.C2H6/c12-11(13)9-14-8-4-7-10-5-2-1-3-6-10;1-2/h1-3,5-6H,4,7-9H2,(H2,12,13);1-2H3. The number of carbonyl (C=O) groups is 1. The lowest BCUT2D eigenvalue weighted by atomic mass is 10.1. The molecule has 0 aliphatic rings. The first-order valence-corrected chi connectivity index (χ1v) is 5.69. The second kappa shape index (κ2) is 10.2. The summed E-state index contributed by atoms with van der Waals surface area (Å²) in [6.07, 6.45) is 1.89. The smallest absolute Gasteiger partial charge is 0.243 e. The Morgan fingerprint density at radius 2 is 1.88 bits per heavy atom. The predicted octanol–water partition coefficient (Wildman–Crippen LogP) is 2.15. The maximum absolute atomic E-state index is 10.3. The fraction of sp³-hybridized carbons (Fsp3) is 0.462. The minimum absolute atomic E-state index is 0.0226. The molecular weight excluding hydrogens is 202 g/mol. The van der Waals surface area contributed by atoms with Crippen LogP contribution in [-0.2, 0) is 16.0 Å². The Morgan fingerprint density at radius 3 is 2.44 bits per heavy atom. The molecule has 3 nitrogen and oxygen atoms in total. The fourth-order valence-corrected chi connectivity index (χ4v) is 1.20. The third-order valence-corrected chi connectivity index (χ3v) is 1.84. The van der Waals surface area contributed by atoms with Crippen LogP contribution in [-0.4, -0.2) is 19.1 Å². The van der Waals surface area contributed by atoms with E-state index in [1.54, 1.807) is 0 Å². The number of hydrogen-bond donors (Lipinski definition) is 1. The Hall–Kier alpha value is -1.35. The SMILES string of the molecule is CC.NC(=O)COCCCc1ccccc1. The summed E-state index contributed by atoms with van der Waals surface area (Å²) in [6, 6.07) is 10.2. The lowest BCUT2D eigenvalue weighted by molar-refractivity contribution is -0.122. The first-order valence-electron chi connectivity index (χ1n) is 5.69. The highest BCUT2D eigenvalue weighted by molar-refractivity contribution is 5.74. The molecule has 0 spiro atoms. The molecule has 0 atom stereocenters. The molecule has 16 heavy (non-hydrogen) atoms. The van der Waals surface area contributed by atoms with Crippen molar-refractivity contribution in [2.24, 2.45) is 5.73 Å². The molecular formula is C13H21NO2. The number of ether oxygens (including phenoxy) is 1. The molecule has 0 radical (unpaired) electrons. The zero-order valence-electron chi connectivity index (χ0n) is 10.1. The predicted molar refractivity (Wildman–Crippen MR) is 66.1 cm³/mol.